The van der Waals surface area contributed by atoms with E-state index in [0.717, 1.165) is 10.7 Å². The van der Waals surface area contributed by atoms with E-state index in [4.69, 9.17) is 11.6 Å². The number of halogens is 1. The smallest absolute Gasteiger partial charge is 0.148 e. The van der Waals surface area contributed by atoms with Crippen LogP contribution in [-0.4, -0.2) is 21.8 Å². The Bertz CT molecular complexity index is 322. The quantitative estimate of drug-likeness (QED) is 0.627. The van der Waals surface area contributed by atoms with Crippen molar-refractivity contribution in [3.63, 3.8) is 0 Å². The first-order chi connectivity index (χ1) is 6.44. The molecule has 0 radical (unpaired) electrons. The van der Waals surface area contributed by atoms with Crippen molar-refractivity contribution in [1.29, 1.82) is 0 Å². The first-order valence-corrected chi connectivity index (χ1v) is 5.87. The molecular formula is C9H14ClN3S. The molecule has 0 aliphatic rings. The van der Waals surface area contributed by atoms with Crippen LogP contribution in [0.15, 0.2) is 11.2 Å². The summed E-state index contributed by atoms with van der Waals surface area (Å²) in [4.78, 5) is 9.00. The molecule has 0 atom stereocenters. The molecule has 0 bridgehead atoms. The highest BCUT2D eigenvalue weighted by Crippen LogP contribution is 2.30. The van der Waals surface area contributed by atoms with Gasteiger partial charge in [0.05, 0.1) is 4.90 Å². The molecule has 1 heterocycles. The molecule has 14 heavy (non-hydrogen) atoms. The van der Waals surface area contributed by atoms with Crippen molar-refractivity contribution in [2.75, 3.05) is 11.6 Å². The van der Waals surface area contributed by atoms with Gasteiger partial charge < -0.3 is 5.32 Å². The van der Waals surface area contributed by atoms with Crippen molar-refractivity contribution in [3.8, 4) is 0 Å². The summed E-state index contributed by atoms with van der Waals surface area (Å²) in [5, 5.41) is 3.78. The topological polar surface area (TPSA) is 37.8 Å². The maximum Gasteiger partial charge on any atom is 0.148 e. The van der Waals surface area contributed by atoms with Gasteiger partial charge in [0.2, 0.25) is 0 Å². The highest BCUT2D eigenvalue weighted by molar-refractivity contribution is 7.98. The van der Waals surface area contributed by atoms with Crippen LogP contribution in [0.4, 0.5) is 5.82 Å². The minimum Gasteiger partial charge on any atom is -0.364 e. The Kier molecular flexibility index (Phi) is 3.61. The average Bonchev–Trinajstić information content (AvgIpc) is 2.01. The minimum atomic E-state index is -0.0256. The van der Waals surface area contributed by atoms with Gasteiger partial charge in [0.15, 0.2) is 0 Å². The molecule has 1 aromatic rings. The molecule has 0 unspecified atom stereocenters. The zero-order chi connectivity index (χ0) is 10.8. The molecule has 0 aliphatic heterocycles. The van der Waals surface area contributed by atoms with Gasteiger partial charge in [0.25, 0.3) is 0 Å². The normalized spacial score (nSPS) is 11.5. The lowest BCUT2D eigenvalue weighted by Crippen LogP contribution is -2.27. The first kappa shape index (κ1) is 11.6. The fourth-order valence-electron chi connectivity index (χ4n) is 0.977. The molecule has 3 nitrogen and oxygen atoms in total. The van der Waals surface area contributed by atoms with E-state index in [1.165, 1.54) is 6.33 Å². The van der Waals surface area contributed by atoms with Crippen LogP contribution >= 0.6 is 23.4 Å². The monoisotopic (exact) mass is 231 g/mol. The fraction of sp³-hybridized carbons (Fsp3) is 0.556. The van der Waals surface area contributed by atoms with Crippen LogP contribution in [-0.2, 0) is 0 Å². The highest BCUT2D eigenvalue weighted by Gasteiger charge is 2.15. The Hall–Kier alpha value is -0.480. The summed E-state index contributed by atoms with van der Waals surface area (Å²) < 4.78 is 0. The number of anilines is 1. The third-order valence-electron chi connectivity index (χ3n) is 1.46. The van der Waals surface area contributed by atoms with Crippen molar-refractivity contribution >= 4 is 29.2 Å². The molecule has 0 aromatic carbocycles. The zero-order valence-electron chi connectivity index (χ0n) is 8.76. The first-order valence-electron chi connectivity index (χ1n) is 4.26. The van der Waals surface area contributed by atoms with Gasteiger partial charge in [-0.3, -0.25) is 0 Å². The van der Waals surface area contributed by atoms with Gasteiger partial charge in [-0.15, -0.1) is 11.8 Å². The lowest BCUT2D eigenvalue weighted by Gasteiger charge is -2.22. The second-order valence-electron chi connectivity index (χ2n) is 3.92. The van der Waals surface area contributed by atoms with Crippen molar-refractivity contribution in [2.45, 2.75) is 31.2 Å². The molecule has 1 N–H and O–H groups in total. The largest absolute Gasteiger partial charge is 0.364 e. The lowest BCUT2D eigenvalue weighted by molar-refractivity contribution is 0.627. The van der Waals surface area contributed by atoms with Crippen LogP contribution in [0.2, 0.25) is 5.15 Å². The van der Waals surface area contributed by atoms with Crippen molar-refractivity contribution in [2.24, 2.45) is 0 Å². The van der Waals surface area contributed by atoms with E-state index in [2.05, 4.69) is 36.1 Å². The summed E-state index contributed by atoms with van der Waals surface area (Å²) in [5.74, 6) is 0.796. The van der Waals surface area contributed by atoms with E-state index in [-0.39, 0.29) is 5.54 Å². The van der Waals surface area contributed by atoms with Crippen molar-refractivity contribution in [1.82, 2.24) is 9.97 Å². The van der Waals surface area contributed by atoms with E-state index in [9.17, 15) is 0 Å². The van der Waals surface area contributed by atoms with Gasteiger partial charge in [0.1, 0.15) is 17.3 Å². The van der Waals surface area contributed by atoms with E-state index in [1.807, 2.05) is 6.26 Å². The maximum atomic E-state index is 5.95. The summed E-state index contributed by atoms with van der Waals surface area (Å²) in [5.41, 5.74) is -0.0256. The Balaban J connectivity index is 3.02. The number of nitrogens with zero attached hydrogens (tertiary/aromatic N) is 2. The summed E-state index contributed by atoms with van der Waals surface area (Å²) in [7, 11) is 0. The summed E-state index contributed by atoms with van der Waals surface area (Å²) in [6.07, 6.45) is 3.43. The fourth-order valence-corrected chi connectivity index (χ4v) is 1.86. The average molecular weight is 232 g/mol. The van der Waals surface area contributed by atoms with Crippen LogP contribution in [0.3, 0.4) is 0 Å². The predicted molar refractivity (Wildman–Crippen MR) is 62.2 cm³/mol. The van der Waals surface area contributed by atoms with Crippen LogP contribution in [0, 0.1) is 0 Å². The molecule has 0 aliphatic carbocycles. The molecule has 0 amide bonds. The summed E-state index contributed by atoms with van der Waals surface area (Å²) in [6, 6.07) is 0. The molecule has 1 aromatic heterocycles. The van der Waals surface area contributed by atoms with E-state index >= 15 is 0 Å². The number of hydrogen-bond acceptors (Lipinski definition) is 4. The molecule has 0 fully saturated rings. The van der Waals surface area contributed by atoms with Gasteiger partial charge in [-0.25, -0.2) is 9.97 Å². The van der Waals surface area contributed by atoms with E-state index < -0.39 is 0 Å². The molecule has 0 saturated heterocycles. The predicted octanol–water partition coefficient (Wildman–Crippen LogP) is 3.06. The lowest BCUT2D eigenvalue weighted by atomic mass is 10.1. The summed E-state index contributed by atoms with van der Waals surface area (Å²) in [6.45, 7) is 6.23. The number of aromatic nitrogens is 2. The highest BCUT2D eigenvalue weighted by atomic mass is 35.5. The Morgan fingerprint density at radius 1 is 1.36 bits per heavy atom. The van der Waals surface area contributed by atoms with Gasteiger partial charge in [-0.05, 0) is 27.0 Å². The molecule has 0 spiro atoms. The van der Waals surface area contributed by atoms with Gasteiger partial charge >= 0.3 is 0 Å². The Labute approximate surface area is 93.7 Å². The molecule has 0 saturated carbocycles. The van der Waals surface area contributed by atoms with Crippen LogP contribution in [0.5, 0.6) is 0 Å². The van der Waals surface area contributed by atoms with Crippen LogP contribution in [0.1, 0.15) is 20.8 Å². The third kappa shape index (κ3) is 3.03. The Morgan fingerprint density at radius 3 is 2.50 bits per heavy atom. The van der Waals surface area contributed by atoms with E-state index in [0.29, 0.717) is 5.15 Å². The Morgan fingerprint density at radius 2 is 2.00 bits per heavy atom. The van der Waals surface area contributed by atoms with Gasteiger partial charge in [0, 0.05) is 5.54 Å². The van der Waals surface area contributed by atoms with Crippen molar-refractivity contribution in [3.05, 3.63) is 11.5 Å². The number of hydrogen-bond donors (Lipinski definition) is 1. The van der Waals surface area contributed by atoms with Gasteiger partial charge in [-0.1, -0.05) is 11.6 Å². The van der Waals surface area contributed by atoms with Crippen LogP contribution in [0.25, 0.3) is 0 Å². The molecular weight excluding hydrogens is 218 g/mol. The van der Waals surface area contributed by atoms with E-state index in [1.54, 1.807) is 11.8 Å². The van der Waals surface area contributed by atoms with Crippen molar-refractivity contribution < 1.29 is 0 Å². The maximum absolute atomic E-state index is 5.95. The summed E-state index contributed by atoms with van der Waals surface area (Å²) >= 11 is 7.49. The minimum absolute atomic E-state index is 0.0256. The molecule has 5 heteroatoms. The zero-order valence-corrected chi connectivity index (χ0v) is 10.3. The number of nitrogens with one attached hydrogen (secondary N) is 1. The van der Waals surface area contributed by atoms with Gasteiger partial charge in [-0.2, -0.15) is 0 Å². The SMILES string of the molecule is CSc1c(Cl)ncnc1NC(C)(C)C. The second-order valence-corrected chi connectivity index (χ2v) is 5.10. The molecule has 1 rings (SSSR count). The standard InChI is InChI=1S/C9H14ClN3S/c1-9(2,3)13-8-6(14-4)7(10)11-5-12-8/h5H,1-4H3,(H,11,12,13). The molecule has 78 valence electrons. The van der Waals surface area contributed by atoms with Crippen LogP contribution < -0.4 is 5.32 Å². The number of thioether (sulfide) groups is 1. The second kappa shape index (κ2) is 4.36. The number of rotatable bonds is 2. The third-order valence-corrected chi connectivity index (χ3v) is 2.65.